The van der Waals surface area contributed by atoms with Crippen molar-refractivity contribution < 1.29 is 13.5 Å². The van der Waals surface area contributed by atoms with Crippen molar-refractivity contribution in [2.75, 3.05) is 7.05 Å². The van der Waals surface area contributed by atoms with Crippen molar-refractivity contribution in [3.05, 3.63) is 45.4 Å². The standard InChI is InChI=1S/C14H18N2O3S2/c1-10-4-5-12(8-17)6-14(10)21(18,19)16(3)7-13-9-20-11(2)15-13/h4-6,9,17H,7-8H2,1-3H3. The molecule has 0 fully saturated rings. The molecule has 1 N–H and O–H groups in total. The van der Waals surface area contributed by atoms with E-state index in [9.17, 15) is 13.5 Å². The van der Waals surface area contributed by atoms with E-state index in [1.165, 1.54) is 28.8 Å². The molecule has 2 rings (SSSR count). The summed E-state index contributed by atoms with van der Waals surface area (Å²) in [6.07, 6.45) is 0. The molecule has 0 aliphatic heterocycles. The molecule has 1 aromatic carbocycles. The van der Waals surface area contributed by atoms with Crippen molar-refractivity contribution >= 4 is 21.4 Å². The van der Waals surface area contributed by atoms with Crippen LogP contribution in [0, 0.1) is 13.8 Å². The highest BCUT2D eigenvalue weighted by Gasteiger charge is 2.23. The summed E-state index contributed by atoms with van der Waals surface area (Å²) in [6.45, 7) is 3.68. The number of sulfonamides is 1. The minimum absolute atomic E-state index is 0.183. The lowest BCUT2D eigenvalue weighted by atomic mass is 10.2. The molecule has 0 amide bonds. The topological polar surface area (TPSA) is 70.5 Å². The van der Waals surface area contributed by atoms with Gasteiger partial charge in [-0.25, -0.2) is 13.4 Å². The van der Waals surface area contributed by atoms with Gasteiger partial charge in [0.25, 0.3) is 0 Å². The number of nitrogens with zero attached hydrogens (tertiary/aromatic N) is 2. The van der Waals surface area contributed by atoms with Crippen LogP contribution in [0.2, 0.25) is 0 Å². The molecular weight excluding hydrogens is 308 g/mol. The Morgan fingerprint density at radius 1 is 1.33 bits per heavy atom. The predicted octanol–water partition coefficient (Wildman–Crippen LogP) is 2.07. The normalized spacial score (nSPS) is 12.0. The van der Waals surface area contributed by atoms with Crippen molar-refractivity contribution in [1.82, 2.24) is 9.29 Å². The Kier molecular flexibility index (Phi) is 4.77. The van der Waals surface area contributed by atoms with Crippen molar-refractivity contribution in [2.24, 2.45) is 0 Å². The fourth-order valence-electron chi connectivity index (χ4n) is 1.98. The number of hydrogen-bond acceptors (Lipinski definition) is 5. The largest absolute Gasteiger partial charge is 0.392 e. The number of aliphatic hydroxyl groups is 1. The molecule has 5 nitrogen and oxygen atoms in total. The molecule has 0 aliphatic carbocycles. The van der Waals surface area contributed by atoms with Crippen LogP contribution in [0.25, 0.3) is 0 Å². The van der Waals surface area contributed by atoms with Crippen molar-refractivity contribution in [3.8, 4) is 0 Å². The van der Waals surface area contributed by atoms with E-state index in [4.69, 9.17) is 0 Å². The fraction of sp³-hybridized carbons (Fsp3) is 0.357. The third-order valence-corrected chi connectivity index (χ3v) is 5.94. The Hall–Kier alpha value is -1.28. The molecule has 0 atom stereocenters. The Morgan fingerprint density at radius 2 is 2.05 bits per heavy atom. The van der Waals surface area contributed by atoms with E-state index in [0.29, 0.717) is 11.1 Å². The van der Waals surface area contributed by atoms with E-state index >= 15 is 0 Å². The highest BCUT2D eigenvalue weighted by molar-refractivity contribution is 7.89. The maximum absolute atomic E-state index is 12.7. The summed E-state index contributed by atoms with van der Waals surface area (Å²) in [5.41, 5.74) is 1.98. The molecule has 0 saturated heterocycles. The molecule has 0 spiro atoms. The van der Waals surface area contributed by atoms with Crippen LogP contribution >= 0.6 is 11.3 Å². The average molecular weight is 326 g/mol. The smallest absolute Gasteiger partial charge is 0.243 e. The minimum atomic E-state index is -3.60. The molecule has 21 heavy (non-hydrogen) atoms. The van der Waals surface area contributed by atoms with Crippen LogP contribution in [0.5, 0.6) is 0 Å². The summed E-state index contributed by atoms with van der Waals surface area (Å²) in [4.78, 5) is 4.51. The van der Waals surface area contributed by atoms with Crippen LogP contribution < -0.4 is 0 Å². The summed E-state index contributed by atoms with van der Waals surface area (Å²) >= 11 is 1.50. The first-order valence-electron chi connectivity index (χ1n) is 6.42. The maximum Gasteiger partial charge on any atom is 0.243 e. The van der Waals surface area contributed by atoms with Crippen molar-refractivity contribution in [3.63, 3.8) is 0 Å². The number of rotatable bonds is 5. The van der Waals surface area contributed by atoms with E-state index in [1.54, 1.807) is 19.1 Å². The Bertz CT molecular complexity index is 738. The molecule has 0 unspecified atom stereocenters. The molecule has 0 radical (unpaired) electrons. The zero-order valence-corrected chi connectivity index (χ0v) is 13.8. The predicted molar refractivity (Wildman–Crippen MR) is 82.6 cm³/mol. The number of thiazole rings is 1. The first-order valence-corrected chi connectivity index (χ1v) is 8.74. The highest BCUT2D eigenvalue weighted by atomic mass is 32.2. The molecule has 1 heterocycles. The van der Waals surface area contributed by atoms with Gasteiger partial charge in [0.2, 0.25) is 10.0 Å². The summed E-state index contributed by atoms with van der Waals surface area (Å²) in [6, 6.07) is 4.95. The molecule has 0 saturated carbocycles. The number of aliphatic hydroxyl groups excluding tert-OH is 1. The van der Waals surface area contributed by atoms with Gasteiger partial charge >= 0.3 is 0 Å². The summed E-state index contributed by atoms with van der Waals surface area (Å²) in [5.74, 6) is 0. The van der Waals surface area contributed by atoms with E-state index in [2.05, 4.69) is 4.98 Å². The first kappa shape index (κ1) is 16.1. The van der Waals surface area contributed by atoms with Gasteiger partial charge in [-0.3, -0.25) is 0 Å². The van der Waals surface area contributed by atoms with Crippen molar-refractivity contribution in [2.45, 2.75) is 31.9 Å². The first-order chi connectivity index (χ1) is 9.84. The highest BCUT2D eigenvalue weighted by Crippen LogP contribution is 2.22. The summed E-state index contributed by atoms with van der Waals surface area (Å²) in [7, 11) is -2.07. The third kappa shape index (κ3) is 3.49. The molecule has 0 aliphatic rings. The number of aryl methyl sites for hydroxylation is 2. The van der Waals surface area contributed by atoms with Crippen molar-refractivity contribution in [1.29, 1.82) is 0 Å². The molecule has 114 valence electrons. The van der Waals surface area contributed by atoms with Crippen LogP contribution in [0.1, 0.15) is 21.8 Å². The SMILES string of the molecule is Cc1nc(CN(C)S(=O)(=O)c2cc(CO)ccc2C)cs1. The molecule has 7 heteroatoms. The Morgan fingerprint density at radius 3 is 2.62 bits per heavy atom. The number of benzene rings is 1. The lowest BCUT2D eigenvalue weighted by Crippen LogP contribution is -2.27. The van der Waals surface area contributed by atoms with Gasteiger partial charge in [-0.1, -0.05) is 12.1 Å². The van der Waals surface area contributed by atoms with E-state index in [-0.39, 0.29) is 18.0 Å². The van der Waals surface area contributed by atoms with Gasteiger partial charge in [0.15, 0.2) is 0 Å². The van der Waals surface area contributed by atoms with E-state index in [1.807, 2.05) is 12.3 Å². The van der Waals surface area contributed by atoms with Crippen LogP contribution in [-0.4, -0.2) is 29.9 Å². The van der Waals surface area contributed by atoms with Crippen LogP contribution in [0.15, 0.2) is 28.5 Å². The molecule has 2 aromatic rings. The second-order valence-electron chi connectivity index (χ2n) is 4.88. The monoisotopic (exact) mass is 326 g/mol. The molecular formula is C14H18N2O3S2. The van der Waals surface area contributed by atoms with Gasteiger partial charge in [0.05, 0.1) is 28.7 Å². The summed E-state index contributed by atoms with van der Waals surface area (Å²) in [5, 5.41) is 11.9. The van der Waals surface area contributed by atoms with Gasteiger partial charge in [-0.2, -0.15) is 4.31 Å². The second kappa shape index (κ2) is 6.23. The van der Waals surface area contributed by atoms with Gasteiger partial charge in [0, 0.05) is 12.4 Å². The number of hydrogen-bond donors (Lipinski definition) is 1. The van der Waals surface area contributed by atoms with Crippen LogP contribution in [0.4, 0.5) is 0 Å². The number of aromatic nitrogens is 1. The van der Waals surface area contributed by atoms with Gasteiger partial charge in [0.1, 0.15) is 0 Å². The Labute approximate surface area is 128 Å². The van der Waals surface area contributed by atoms with Crippen LogP contribution in [-0.2, 0) is 23.2 Å². The maximum atomic E-state index is 12.7. The lowest BCUT2D eigenvalue weighted by molar-refractivity contribution is 0.281. The van der Waals surface area contributed by atoms with E-state index < -0.39 is 10.0 Å². The van der Waals surface area contributed by atoms with E-state index in [0.717, 1.165) is 10.7 Å². The second-order valence-corrected chi connectivity index (χ2v) is 7.95. The zero-order chi connectivity index (χ0) is 15.6. The summed E-state index contributed by atoms with van der Waals surface area (Å²) < 4.78 is 26.6. The molecule has 1 aromatic heterocycles. The van der Waals surface area contributed by atoms with Gasteiger partial charge < -0.3 is 5.11 Å². The van der Waals surface area contributed by atoms with Gasteiger partial charge in [-0.05, 0) is 31.0 Å². The fourth-order valence-corrected chi connectivity index (χ4v) is 4.00. The van der Waals surface area contributed by atoms with Crippen LogP contribution in [0.3, 0.4) is 0 Å². The zero-order valence-electron chi connectivity index (χ0n) is 12.2. The van der Waals surface area contributed by atoms with Gasteiger partial charge in [-0.15, -0.1) is 11.3 Å². The average Bonchev–Trinajstić information content (AvgIpc) is 2.84. The molecule has 0 bridgehead atoms. The Balaban J connectivity index is 2.32. The minimum Gasteiger partial charge on any atom is -0.392 e. The lowest BCUT2D eigenvalue weighted by Gasteiger charge is -2.18. The third-order valence-electron chi connectivity index (χ3n) is 3.17. The quantitative estimate of drug-likeness (QED) is 0.913.